The Morgan fingerprint density at radius 3 is 2.39 bits per heavy atom. The Balaban J connectivity index is 1.62. The Morgan fingerprint density at radius 2 is 1.61 bits per heavy atom. The van der Waals surface area contributed by atoms with Crippen LogP contribution in [0.3, 0.4) is 0 Å². The quantitative estimate of drug-likeness (QED) is 0.278. The van der Waals surface area contributed by atoms with Crippen molar-refractivity contribution in [2.45, 2.75) is 10.8 Å². The van der Waals surface area contributed by atoms with Crippen LogP contribution in [0.1, 0.15) is 5.56 Å². The number of nitrogen functional groups attached to an aromatic ring is 1. The highest BCUT2D eigenvalue weighted by Gasteiger charge is 2.17. The van der Waals surface area contributed by atoms with Gasteiger partial charge in [0, 0.05) is 28.5 Å². The second kappa shape index (κ2) is 9.17. The van der Waals surface area contributed by atoms with E-state index in [9.17, 15) is 4.39 Å². The van der Waals surface area contributed by atoms with Crippen LogP contribution in [0.25, 0.3) is 33.4 Å². The molecule has 2 heterocycles. The van der Waals surface area contributed by atoms with Gasteiger partial charge in [-0.2, -0.15) is 0 Å². The van der Waals surface area contributed by atoms with Gasteiger partial charge in [-0.25, -0.2) is 14.4 Å². The van der Waals surface area contributed by atoms with Crippen LogP contribution in [0, 0.1) is 5.82 Å². The van der Waals surface area contributed by atoms with Gasteiger partial charge in [0.15, 0.2) is 5.82 Å². The van der Waals surface area contributed by atoms with Crippen LogP contribution in [0.2, 0.25) is 5.02 Å². The van der Waals surface area contributed by atoms with Crippen molar-refractivity contribution in [3.63, 3.8) is 0 Å². The lowest BCUT2D eigenvalue weighted by Crippen LogP contribution is -2.02. The Labute approximate surface area is 199 Å². The second-order valence-electron chi connectivity index (χ2n) is 7.43. The fraction of sp³-hybridized carbons (Fsp3) is 0.0385. The number of nitrogens with two attached hydrogens (primary N) is 1. The lowest BCUT2D eigenvalue weighted by atomic mass is 10.0. The monoisotopic (exact) mass is 472 g/mol. The molecule has 0 saturated carbocycles. The van der Waals surface area contributed by atoms with Crippen molar-refractivity contribution in [1.29, 1.82) is 0 Å². The number of hydrogen-bond acceptors (Lipinski definition) is 5. The molecule has 2 aromatic heterocycles. The van der Waals surface area contributed by atoms with E-state index >= 15 is 0 Å². The number of pyridine rings is 1. The van der Waals surface area contributed by atoms with Crippen molar-refractivity contribution >= 4 is 40.1 Å². The maximum absolute atomic E-state index is 13.2. The Bertz CT molecular complexity index is 1440. The van der Waals surface area contributed by atoms with E-state index in [0.717, 1.165) is 27.6 Å². The van der Waals surface area contributed by atoms with Crippen LogP contribution < -0.4 is 5.73 Å². The zero-order valence-electron chi connectivity index (χ0n) is 17.4. The average Bonchev–Trinajstić information content (AvgIpc) is 2.84. The molecule has 0 bridgehead atoms. The van der Waals surface area contributed by atoms with Gasteiger partial charge in [-0.15, -0.1) is 0 Å². The Kier molecular flexibility index (Phi) is 5.94. The molecule has 33 heavy (non-hydrogen) atoms. The number of benzene rings is 3. The summed E-state index contributed by atoms with van der Waals surface area (Å²) in [5.41, 5.74) is 11.1. The summed E-state index contributed by atoms with van der Waals surface area (Å²) in [6.45, 7) is 0. The van der Waals surface area contributed by atoms with Crippen LogP contribution in [-0.4, -0.2) is 15.0 Å². The number of anilines is 1. The summed E-state index contributed by atoms with van der Waals surface area (Å²) >= 11 is 8.02. The van der Waals surface area contributed by atoms with Crippen molar-refractivity contribution in [3.05, 3.63) is 101 Å². The highest BCUT2D eigenvalue weighted by molar-refractivity contribution is 7.98. The third-order valence-electron chi connectivity index (χ3n) is 5.16. The molecule has 0 saturated heterocycles. The average molecular weight is 473 g/mol. The summed E-state index contributed by atoms with van der Waals surface area (Å²) < 4.78 is 13.2. The molecule has 0 aliphatic heterocycles. The molecule has 0 radical (unpaired) electrons. The SMILES string of the molecule is Nc1nc(-c2ccccc2)c(-c2cc(Cl)c3ncccc3c2)nc1SCc1ccc(F)cc1. The van der Waals surface area contributed by atoms with Gasteiger partial charge in [0.25, 0.3) is 0 Å². The minimum atomic E-state index is -0.264. The van der Waals surface area contributed by atoms with Gasteiger partial charge in [0.1, 0.15) is 10.8 Å². The number of fused-ring (bicyclic) bond motifs is 1. The van der Waals surface area contributed by atoms with E-state index in [1.54, 1.807) is 18.3 Å². The number of hydrogen-bond donors (Lipinski definition) is 1. The Morgan fingerprint density at radius 1 is 0.848 bits per heavy atom. The first-order valence-corrected chi connectivity index (χ1v) is 11.6. The maximum Gasteiger partial charge on any atom is 0.156 e. The summed E-state index contributed by atoms with van der Waals surface area (Å²) in [5, 5.41) is 2.07. The van der Waals surface area contributed by atoms with Gasteiger partial charge < -0.3 is 5.73 Å². The lowest BCUT2D eigenvalue weighted by molar-refractivity contribution is 0.627. The largest absolute Gasteiger partial charge is 0.381 e. The summed E-state index contributed by atoms with van der Waals surface area (Å²) in [4.78, 5) is 14.0. The fourth-order valence-corrected chi connectivity index (χ4v) is 4.68. The first-order chi connectivity index (χ1) is 16.1. The maximum atomic E-state index is 13.2. The zero-order chi connectivity index (χ0) is 22.8. The number of thioether (sulfide) groups is 1. The molecule has 2 N–H and O–H groups in total. The molecule has 162 valence electrons. The zero-order valence-corrected chi connectivity index (χ0v) is 18.9. The minimum Gasteiger partial charge on any atom is -0.381 e. The van der Waals surface area contributed by atoms with Crippen molar-refractivity contribution in [2.75, 3.05) is 5.73 Å². The number of nitrogens with zero attached hydrogens (tertiary/aromatic N) is 3. The molecule has 0 amide bonds. The van der Waals surface area contributed by atoms with Crippen molar-refractivity contribution < 1.29 is 4.39 Å². The smallest absolute Gasteiger partial charge is 0.156 e. The number of rotatable bonds is 5. The lowest BCUT2D eigenvalue weighted by Gasteiger charge is -2.14. The molecule has 5 aromatic rings. The van der Waals surface area contributed by atoms with Crippen molar-refractivity contribution in [2.24, 2.45) is 0 Å². The molecule has 0 spiro atoms. The summed E-state index contributed by atoms with van der Waals surface area (Å²) in [5.74, 6) is 0.671. The second-order valence-corrected chi connectivity index (χ2v) is 8.80. The van der Waals surface area contributed by atoms with Crippen molar-refractivity contribution in [1.82, 2.24) is 15.0 Å². The molecule has 0 aliphatic rings. The van der Waals surface area contributed by atoms with Crippen molar-refractivity contribution in [3.8, 4) is 22.5 Å². The first kappa shape index (κ1) is 21.4. The molecule has 7 heteroatoms. The summed E-state index contributed by atoms with van der Waals surface area (Å²) in [6.07, 6.45) is 1.72. The number of aromatic nitrogens is 3. The standard InChI is InChI=1S/C26H18ClFN4S/c27-21-14-19(13-18-7-4-12-30-22(18)21)24-23(17-5-2-1-3-6-17)31-25(29)26(32-24)33-15-16-8-10-20(28)11-9-16/h1-14H,15H2,(H2,29,31). The van der Waals surface area contributed by atoms with Gasteiger partial charge in [0.05, 0.1) is 21.9 Å². The topological polar surface area (TPSA) is 64.7 Å². The van der Waals surface area contributed by atoms with Crippen LogP contribution >= 0.6 is 23.4 Å². The Hall–Kier alpha value is -3.48. The predicted molar refractivity (Wildman–Crippen MR) is 134 cm³/mol. The van der Waals surface area contributed by atoms with E-state index in [0.29, 0.717) is 33.0 Å². The van der Waals surface area contributed by atoms with Crippen LogP contribution in [0.4, 0.5) is 10.2 Å². The highest BCUT2D eigenvalue weighted by atomic mass is 35.5. The third kappa shape index (κ3) is 4.53. The van der Waals surface area contributed by atoms with E-state index in [4.69, 9.17) is 27.3 Å². The van der Waals surface area contributed by atoms with Crippen LogP contribution in [0.15, 0.2) is 90.1 Å². The molecule has 0 atom stereocenters. The minimum absolute atomic E-state index is 0.264. The van der Waals surface area contributed by atoms with E-state index in [-0.39, 0.29) is 5.82 Å². The molecule has 3 aromatic carbocycles. The van der Waals surface area contributed by atoms with Crippen LogP contribution in [0.5, 0.6) is 0 Å². The fourth-order valence-electron chi connectivity index (χ4n) is 3.55. The molecular formula is C26H18ClFN4S. The van der Waals surface area contributed by atoms with E-state index in [1.807, 2.05) is 54.6 Å². The van der Waals surface area contributed by atoms with Crippen LogP contribution in [-0.2, 0) is 5.75 Å². The normalized spacial score (nSPS) is 11.1. The molecule has 0 fully saturated rings. The highest BCUT2D eigenvalue weighted by Crippen LogP contribution is 2.37. The van der Waals surface area contributed by atoms with Gasteiger partial charge in [-0.3, -0.25) is 4.98 Å². The van der Waals surface area contributed by atoms with E-state index in [1.165, 1.54) is 23.9 Å². The summed E-state index contributed by atoms with van der Waals surface area (Å²) in [7, 11) is 0. The van der Waals surface area contributed by atoms with E-state index < -0.39 is 0 Å². The first-order valence-electron chi connectivity index (χ1n) is 10.2. The number of halogens is 2. The summed E-state index contributed by atoms with van der Waals surface area (Å²) in [6, 6.07) is 23.9. The molecule has 5 rings (SSSR count). The molecular weight excluding hydrogens is 455 g/mol. The van der Waals surface area contributed by atoms with Gasteiger partial charge in [-0.05, 0) is 35.9 Å². The van der Waals surface area contributed by atoms with E-state index in [2.05, 4.69) is 4.98 Å². The van der Waals surface area contributed by atoms with Gasteiger partial charge in [0.2, 0.25) is 0 Å². The molecule has 0 aliphatic carbocycles. The molecule has 0 unspecified atom stereocenters. The predicted octanol–water partition coefficient (Wildman–Crippen LogP) is 7.03. The van der Waals surface area contributed by atoms with Gasteiger partial charge >= 0.3 is 0 Å². The molecule has 4 nitrogen and oxygen atoms in total. The third-order valence-corrected chi connectivity index (χ3v) is 6.50. The van der Waals surface area contributed by atoms with Gasteiger partial charge in [-0.1, -0.05) is 71.9 Å².